The number of sulfonamides is 1. The van der Waals surface area contributed by atoms with Gasteiger partial charge in [0.05, 0.1) is 21.2 Å². The minimum atomic E-state index is -4.25. The molecule has 126 valence electrons. The van der Waals surface area contributed by atoms with Crippen molar-refractivity contribution in [3.8, 4) is 0 Å². The van der Waals surface area contributed by atoms with Gasteiger partial charge in [0.2, 0.25) is 13.8 Å². The second-order valence-electron chi connectivity index (χ2n) is 4.34. The summed E-state index contributed by atoms with van der Waals surface area (Å²) in [6.07, 6.45) is -1.38. The standard InChI is InChI=1S/C10H6Cl4N2O6S/c11-6-1-2-7(16(18)19)5-3-23(20,21)15(8(5)6)9(17)22-4-10(12,13)14/h1-2H,3-4H2. The van der Waals surface area contributed by atoms with Gasteiger partial charge in [-0.25, -0.2) is 13.2 Å². The SMILES string of the molecule is O=C(OCC(Cl)(Cl)Cl)N1c2c(Cl)ccc([N+](=O)[O-])c2CS1(=O)=O. The second kappa shape index (κ2) is 6.14. The number of nitrogens with zero attached hydrogens (tertiary/aromatic N) is 2. The Balaban J connectivity index is 2.49. The number of halogens is 4. The minimum absolute atomic E-state index is 0.169. The van der Waals surface area contributed by atoms with Gasteiger partial charge in [0.15, 0.2) is 0 Å². The first kappa shape index (κ1) is 18.3. The summed E-state index contributed by atoms with van der Waals surface area (Å²) in [5, 5.41) is 10.8. The predicted octanol–water partition coefficient (Wildman–Crippen LogP) is 3.40. The Morgan fingerprint density at radius 2 is 2.00 bits per heavy atom. The normalized spacial score (nSPS) is 16.1. The molecule has 1 aliphatic heterocycles. The fraction of sp³-hybridized carbons (Fsp3) is 0.300. The number of anilines is 1. The van der Waals surface area contributed by atoms with E-state index in [0.29, 0.717) is 0 Å². The fourth-order valence-corrected chi connectivity index (χ4v) is 3.94. The van der Waals surface area contributed by atoms with Crippen molar-refractivity contribution < 1.29 is 22.9 Å². The third-order valence-corrected chi connectivity index (χ3v) is 4.91. The highest BCUT2D eigenvalue weighted by Crippen LogP contribution is 2.44. The smallest absolute Gasteiger partial charge is 0.428 e. The number of alkyl halides is 3. The molecule has 0 bridgehead atoms. The maximum Gasteiger partial charge on any atom is 0.428 e. The number of ether oxygens (including phenoxy) is 1. The monoisotopic (exact) mass is 422 g/mol. The first-order valence-corrected chi connectivity index (χ1v) is 8.78. The molecule has 2 rings (SSSR count). The molecule has 1 amide bonds. The zero-order valence-corrected chi connectivity index (χ0v) is 14.7. The summed E-state index contributed by atoms with van der Waals surface area (Å²) >= 11 is 22.2. The molecule has 1 aromatic rings. The van der Waals surface area contributed by atoms with E-state index in [0.717, 1.165) is 12.1 Å². The van der Waals surface area contributed by atoms with E-state index >= 15 is 0 Å². The number of hydrogen-bond donors (Lipinski definition) is 0. The van der Waals surface area contributed by atoms with Crippen molar-refractivity contribution in [2.24, 2.45) is 0 Å². The Labute approximate surface area is 150 Å². The Kier molecular flexibility index (Phi) is 4.89. The Hall–Kier alpha value is -1.00. The van der Waals surface area contributed by atoms with E-state index in [1.807, 2.05) is 0 Å². The van der Waals surface area contributed by atoms with Crippen molar-refractivity contribution in [1.29, 1.82) is 0 Å². The number of nitro benzene ring substituents is 1. The average molecular weight is 424 g/mol. The van der Waals surface area contributed by atoms with Crippen LogP contribution in [0, 0.1) is 10.1 Å². The molecule has 0 saturated heterocycles. The van der Waals surface area contributed by atoms with Crippen LogP contribution in [0.25, 0.3) is 0 Å². The number of benzene rings is 1. The molecule has 1 heterocycles. The van der Waals surface area contributed by atoms with Gasteiger partial charge in [0.1, 0.15) is 12.4 Å². The Morgan fingerprint density at radius 1 is 1.39 bits per heavy atom. The lowest BCUT2D eigenvalue weighted by atomic mass is 10.1. The van der Waals surface area contributed by atoms with Crippen molar-refractivity contribution in [2.45, 2.75) is 9.55 Å². The van der Waals surface area contributed by atoms with Gasteiger partial charge < -0.3 is 4.74 Å². The lowest BCUT2D eigenvalue weighted by Crippen LogP contribution is -2.36. The molecule has 8 nitrogen and oxygen atoms in total. The van der Waals surface area contributed by atoms with Gasteiger partial charge in [-0.1, -0.05) is 46.4 Å². The van der Waals surface area contributed by atoms with Crippen LogP contribution in [0.4, 0.5) is 16.2 Å². The van der Waals surface area contributed by atoms with E-state index in [4.69, 9.17) is 46.4 Å². The topological polar surface area (TPSA) is 107 Å². The molecular weight excluding hydrogens is 418 g/mol. The summed E-state index contributed by atoms with van der Waals surface area (Å²) in [5.41, 5.74) is -1.03. The van der Waals surface area contributed by atoms with Crippen LogP contribution in [0.2, 0.25) is 5.02 Å². The maximum absolute atomic E-state index is 12.2. The van der Waals surface area contributed by atoms with E-state index in [9.17, 15) is 23.3 Å². The van der Waals surface area contributed by atoms with E-state index in [1.165, 1.54) is 0 Å². The van der Waals surface area contributed by atoms with Crippen molar-refractivity contribution >= 4 is 73.9 Å². The molecule has 0 N–H and O–H groups in total. The number of carbonyl (C=O) groups is 1. The maximum atomic E-state index is 12.2. The summed E-state index contributed by atoms with van der Waals surface area (Å²) in [7, 11) is -4.25. The zero-order chi connectivity index (χ0) is 17.6. The third-order valence-electron chi connectivity index (χ3n) is 2.74. The Bertz CT molecular complexity index is 791. The lowest BCUT2D eigenvalue weighted by molar-refractivity contribution is -0.385. The summed E-state index contributed by atoms with van der Waals surface area (Å²) < 4.78 is 27.2. The van der Waals surface area contributed by atoms with Gasteiger partial charge in [-0.3, -0.25) is 10.1 Å². The minimum Gasteiger partial charge on any atom is -0.444 e. The average Bonchev–Trinajstić information content (AvgIpc) is 2.67. The first-order valence-electron chi connectivity index (χ1n) is 5.66. The molecule has 1 aromatic carbocycles. The van der Waals surface area contributed by atoms with Gasteiger partial charge in [-0.05, 0) is 6.07 Å². The van der Waals surface area contributed by atoms with Crippen molar-refractivity contribution in [1.82, 2.24) is 0 Å². The highest BCUT2D eigenvalue weighted by Gasteiger charge is 2.45. The molecule has 0 fully saturated rings. The van der Waals surface area contributed by atoms with E-state index in [2.05, 4.69) is 4.74 Å². The van der Waals surface area contributed by atoms with E-state index in [-0.39, 0.29) is 20.6 Å². The number of fused-ring (bicyclic) bond motifs is 1. The summed E-state index contributed by atoms with van der Waals surface area (Å²) in [6.45, 7) is -0.718. The molecule has 0 aliphatic carbocycles. The van der Waals surface area contributed by atoms with Crippen molar-refractivity contribution in [3.05, 3.63) is 32.8 Å². The molecule has 0 atom stereocenters. The van der Waals surface area contributed by atoms with Crippen molar-refractivity contribution in [2.75, 3.05) is 10.9 Å². The van der Waals surface area contributed by atoms with Gasteiger partial charge >= 0.3 is 6.09 Å². The third kappa shape index (κ3) is 3.74. The molecule has 0 radical (unpaired) electrons. The van der Waals surface area contributed by atoms with Gasteiger partial charge in [-0.2, -0.15) is 4.31 Å². The molecule has 0 aromatic heterocycles. The van der Waals surface area contributed by atoms with Crippen LogP contribution in [-0.4, -0.2) is 29.8 Å². The number of hydrogen-bond acceptors (Lipinski definition) is 6. The van der Waals surface area contributed by atoms with Gasteiger partial charge in [0, 0.05) is 6.07 Å². The van der Waals surface area contributed by atoms with Crippen LogP contribution in [0.3, 0.4) is 0 Å². The summed E-state index contributed by atoms with van der Waals surface area (Å²) in [6, 6.07) is 2.15. The van der Waals surface area contributed by atoms with Crippen LogP contribution < -0.4 is 4.31 Å². The largest absolute Gasteiger partial charge is 0.444 e. The first-order chi connectivity index (χ1) is 10.4. The fourth-order valence-electron chi connectivity index (χ4n) is 1.92. The summed E-state index contributed by atoms with van der Waals surface area (Å²) in [4.78, 5) is 22.2. The van der Waals surface area contributed by atoms with Crippen LogP contribution in [0.5, 0.6) is 0 Å². The number of rotatable bonds is 2. The molecule has 0 spiro atoms. The van der Waals surface area contributed by atoms with Crippen LogP contribution in [0.1, 0.15) is 5.56 Å². The lowest BCUT2D eigenvalue weighted by Gasteiger charge is -2.18. The van der Waals surface area contributed by atoms with Crippen LogP contribution >= 0.6 is 46.4 Å². The second-order valence-corrected chi connectivity index (χ2v) is 9.08. The molecule has 0 saturated carbocycles. The van der Waals surface area contributed by atoms with Crippen LogP contribution in [-0.2, 0) is 20.5 Å². The number of nitro groups is 1. The van der Waals surface area contributed by atoms with Gasteiger partial charge in [0.25, 0.3) is 5.69 Å². The number of amides is 1. The summed E-state index contributed by atoms with van der Waals surface area (Å²) in [5.74, 6) is -0.776. The molecular formula is C10H6Cl4N2O6S. The molecule has 13 heteroatoms. The highest BCUT2D eigenvalue weighted by atomic mass is 35.6. The Morgan fingerprint density at radius 3 is 2.52 bits per heavy atom. The van der Waals surface area contributed by atoms with Gasteiger partial charge in [-0.15, -0.1) is 0 Å². The highest BCUT2D eigenvalue weighted by molar-refractivity contribution is 7.93. The quantitative estimate of drug-likeness (QED) is 0.409. The molecule has 1 aliphatic rings. The number of carbonyl (C=O) groups excluding carboxylic acids is 1. The predicted molar refractivity (Wildman–Crippen MR) is 84.8 cm³/mol. The van der Waals surface area contributed by atoms with E-state index in [1.54, 1.807) is 0 Å². The zero-order valence-electron chi connectivity index (χ0n) is 10.8. The molecule has 0 unspecified atom stereocenters. The molecule has 23 heavy (non-hydrogen) atoms. The van der Waals surface area contributed by atoms with Crippen molar-refractivity contribution in [3.63, 3.8) is 0 Å². The van der Waals surface area contributed by atoms with Crippen LogP contribution in [0.15, 0.2) is 12.1 Å². The van der Waals surface area contributed by atoms with E-state index < -0.39 is 42.9 Å².